The van der Waals surface area contributed by atoms with Crippen LogP contribution in [0.15, 0.2) is 72.8 Å². The van der Waals surface area contributed by atoms with E-state index in [9.17, 15) is 22.8 Å². The minimum atomic E-state index is -4.46. The predicted molar refractivity (Wildman–Crippen MR) is 149 cm³/mol. The summed E-state index contributed by atoms with van der Waals surface area (Å²) in [6.45, 7) is 5.27. The van der Waals surface area contributed by atoms with E-state index in [1.807, 2.05) is 24.3 Å². The molecule has 1 amide bonds. The molecular weight excluding hydrogens is 515 g/mol. The number of benzene rings is 3. The molecule has 0 aliphatic carbocycles. The highest BCUT2D eigenvalue weighted by Crippen LogP contribution is 2.31. The first-order valence-corrected chi connectivity index (χ1v) is 13.3. The number of nitrogens with one attached hydrogen (secondary N) is 1. The van der Waals surface area contributed by atoms with Gasteiger partial charge in [0.1, 0.15) is 6.61 Å². The van der Waals surface area contributed by atoms with Crippen molar-refractivity contribution in [1.82, 2.24) is 5.32 Å². The Balaban J connectivity index is 1.49. The average molecular weight is 550 g/mol. The van der Waals surface area contributed by atoms with E-state index in [2.05, 4.69) is 36.2 Å². The first-order valence-electron chi connectivity index (χ1n) is 13.3. The fourth-order valence-electron chi connectivity index (χ4n) is 4.04. The van der Waals surface area contributed by atoms with Gasteiger partial charge in [-0.25, -0.2) is 4.79 Å². The SMILES string of the molecule is CCCCCCc1ccc(C#Cc2ccc(COC(=O)C(=O)NC(C)(C)c3ccc(C(F)(F)F)cc3)cc2)cc1. The Morgan fingerprint density at radius 2 is 1.27 bits per heavy atom. The van der Waals surface area contributed by atoms with Crippen molar-refractivity contribution < 1.29 is 27.5 Å². The van der Waals surface area contributed by atoms with Gasteiger partial charge in [0.15, 0.2) is 0 Å². The van der Waals surface area contributed by atoms with Crippen LogP contribution in [0, 0.1) is 11.8 Å². The minimum absolute atomic E-state index is 0.111. The fraction of sp³-hybridized carbons (Fsp3) is 0.333. The molecule has 3 aromatic rings. The molecule has 0 unspecified atom stereocenters. The van der Waals surface area contributed by atoms with E-state index in [1.165, 1.54) is 43.4 Å². The summed E-state index contributed by atoms with van der Waals surface area (Å²) < 4.78 is 43.6. The van der Waals surface area contributed by atoms with Crippen LogP contribution in [0.2, 0.25) is 0 Å². The Labute approximate surface area is 234 Å². The molecule has 0 spiro atoms. The maximum atomic E-state index is 12.8. The Morgan fingerprint density at radius 3 is 1.80 bits per heavy atom. The second-order valence-corrected chi connectivity index (χ2v) is 10.2. The van der Waals surface area contributed by atoms with Crippen LogP contribution in [0.1, 0.15) is 79.8 Å². The molecule has 0 aromatic heterocycles. The largest absolute Gasteiger partial charge is 0.454 e. The van der Waals surface area contributed by atoms with Crippen LogP contribution in [-0.4, -0.2) is 11.9 Å². The number of halogens is 3. The Bertz CT molecular complexity index is 1330. The molecule has 3 aromatic carbocycles. The predicted octanol–water partition coefficient (Wildman–Crippen LogP) is 7.32. The zero-order valence-corrected chi connectivity index (χ0v) is 23.0. The van der Waals surface area contributed by atoms with Crippen molar-refractivity contribution >= 4 is 11.9 Å². The second-order valence-electron chi connectivity index (χ2n) is 10.2. The van der Waals surface area contributed by atoms with Crippen LogP contribution in [0.4, 0.5) is 13.2 Å². The third kappa shape index (κ3) is 9.30. The van der Waals surface area contributed by atoms with Gasteiger partial charge in [-0.05, 0) is 79.8 Å². The lowest BCUT2D eigenvalue weighted by molar-refractivity contribution is -0.156. The first-order chi connectivity index (χ1) is 19.0. The number of rotatable bonds is 9. The molecule has 210 valence electrons. The molecule has 7 heteroatoms. The topological polar surface area (TPSA) is 55.4 Å². The van der Waals surface area contributed by atoms with Crippen molar-refractivity contribution in [1.29, 1.82) is 0 Å². The molecule has 40 heavy (non-hydrogen) atoms. The normalized spacial score (nSPS) is 11.3. The first kappa shape index (κ1) is 30.5. The number of amides is 1. The van der Waals surface area contributed by atoms with Crippen LogP contribution in [0.3, 0.4) is 0 Å². The van der Waals surface area contributed by atoms with E-state index >= 15 is 0 Å². The van der Waals surface area contributed by atoms with Gasteiger partial charge in [0.05, 0.1) is 11.1 Å². The standard InChI is InChI=1S/C33H34F3NO3/c1-4-5-6-7-8-24-9-11-25(12-10-24)13-14-26-15-17-27(18-16-26)23-40-31(39)30(38)37-32(2,3)28-19-21-29(22-20-28)33(34,35)36/h9-12,15-22H,4-8,23H2,1-3H3,(H,37,38). The molecule has 0 saturated carbocycles. The van der Waals surface area contributed by atoms with E-state index in [0.29, 0.717) is 11.1 Å². The van der Waals surface area contributed by atoms with Crippen molar-refractivity contribution in [2.75, 3.05) is 0 Å². The molecule has 0 saturated heterocycles. The van der Waals surface area contributed by atoms with Crippen molar-refractivity contribution in [2.45, 2.75) is 71.2 Å². The van der Waals surface area contributed by atoms with Gasteiger partial charge in [0.2, 0.25) is 0 Å². The van der Waals surface area contributed by atoms with Crippen molar-refractivity contribution in [3.8, 4) is 11.8 Å². The summed E-state index contributed by atoms with van der Waals surface area (Å²) in [5, 5.41) is 2.51. The number of aryl methyl sites for hydroxylation is 1. The highest BCUT2D eigenvalue weighted by Gasteiger charge is 2.32. The van der Waals surface area contributed by atoms with Crippen LogP contribution in [0.5, 0.6) is 0 Å². The van der Waals surface area contributed by atoms with E-state index in [0.717, 1.165) is 29.7 Å². The lowest BCUT2D eigenvalue weighted by Gasteiger charge is -2.26. The molecule has 4 nitrogen and oxygen atoms in total. The molecule has 0 bridgehead atoms. The van der Waals surface area contributed by atoms with Gasteiger partial charge in [-0.3, -0.25) is 4.79 Å². The highest BCUT2D eigenvalue weighted by molar-refractivity contribution is 6.32. The lowest BCUT2D eigenvalue weighted by atomic mass is 9.93. The highest BCUT2D eigenvalue weighted by atomic mass is 19.4. The smallest absolute Gasteiger partial charge is 0.416 e. The Kier molecular flexibility index (Phi) is 10.6. The lowest BCUT2D eigenvalue weighted by Crippen LogP contribution is -2.44. The summed E-state index contributed by atoms with van der Waals surface area (Å²) in [7, 11) is 0. The molecule has 0 radical (unpaired) electrons. The average Bonchev–Trinajstić information content (AvgIpc) is 2.93. The van der Waals surface area contributed by atoms with Crippen LogP contribution in [-0.2, 0) is 39.1 Å². The molecule has 3 rings (SSSR count). The monoisotopic (exact) mass is 549 g/mol. The van der Waals surface area contributed by atoms with Gasteiger partial charge < -0.3 is 10.1 Å². The Morgan fingerprint density at radius 1 is 0.750 bits per heavy atom. The van der Waals surface area contributed by atoms with Crippen LogP contribution >= 0.6 is 0 Å². The maximum absolute atomic E-state index is 12.8. The quantitative estimate of drug-likeness (QED) is 0.132. The summed E-state index contributed by atoms with van der Waals surface area (Å²) >= 11 is 0. The fourth-order valence-corrected chi connectivity index (χ4v) is 4.04. The van der Waals surface area contributed by atoms with Crippen LogP contribution < -0.4 is 5.32 Å². The molecule has 0 aliphatic heterocycles. The summed E-state index contributed by atoms with van der Waals surface area (Å²) in [6.07, 6.45) is 1.58. The van der Waals surface area contributed by atoms with Gasteiger partial charge in [-0.2, -0.15) is 13.2 Å². The zero-order chi connectivity index (χ0) is 29.2. The van der Waals surface area contributed by atoms with Gasteiger partial charge in [-0.1, -0.05) is 74.4 Å². The number of ether oxygens (including phenoxy) is 1. The van der Waals surface area contributed by atoms with E-state index in [-0.39, 0.29) is 6.61 Å². The Hall–Kier alpha value is -4.05. The number of unbranched alkanes of at least 4 members (excludes halogenated alkanes) is 3. The molecule has 0 fully saturated rings. The number of hydrogen-bond donors (Lipinski definition) is 1. The van der Waals surface area contributed by atoms with Gasteiger partial charge in [0, 0.05) is 11.1 Å². The molecular formula is C33H34F3NO3. The number of hydrogen-bond acceptors (Lipinski definition) is 3. The summed E-state index contributed by atoms with van der Waals surface area (Å²) in [5.74, 6) is 4.20. The third-order valence-corrected chi connectivity index (χ3v) is 6.49. The van der Waals surface area contributed by atoms with Gasteiger partial charge in [-0.15, -0.1) is 0 Å². The van der Waals surface area contributed by atoms with Gasteiger partial charge >= 0.3 is 18.1 Å². The summed E-state index contributed by atoms with van der Waals surface area (Å²) in [4.78, 5) is 24.6. The van der Waals surface area contributed by atoms with Gasteiger partial charge in [0.25, 0.3) is 0 Å². The van der Waals surface area contributed by atoms with E-state index in [4.69, 9.17) is 4.74 Å². The molecule has 0 heterocycles. The molecule has 0 atom stereocenters. The van der Waals surface area contributed by atoms with Crippen LogP contribution in [0.25, 0.3) is 0 Å². The van der Waals surface area contributed by atoms with Crippen molar-refractivity contribution in [2.24, 2.45) is 0 Å². The second kappa shape index (κ2) is 13.8. The van der Waals surface area contributed by atoms with E-state index in [1.54, 1.807) is 26.0 Å². The van der Waals surface area contributed by atoms with E-state index < -0.39 is 29.2 Å². The zero-order valence-electron chi connectivity index (χ0n) is 23.0. The number of carbonyl (C=O) groups is 2. The number of esters is 1. The summed E-state index contributed by atoms with van der Waals surface area (Å²) in [6, 6.07) is 19.8. The summed E-state index contributed by atoms with van der Waals surface area (Å²) in [5.41, 5.74) is 2.26. The maximum Gasteiger partial charge on any atom is 0.416 e. The molecule has 1 N–H and O–H groups in total. The third-order valence-electron chi connectivity index (χ3n) is 6.49. The number of carbonyl (C=O) groups excluding carboxylic acids is 2. The minimum Gasteiger partial charge on any atom is -0.454 e. The molecule has 0 aliphatic rings. The van der Waals surface area contributed by atoms with Crippen molar-refractivity contribution in [3.63, 3.8) is 0 Å². The van der Waals surface area contributed by atoms with Crippen molar-refractivity contribution in [3.05, 3.63) is 106 Å². The number of alkyl halides is 3.